The predicted octanol–water partition coefficient (Wildman–Crippen LogP) is 3.41. The Bertz CT molecular complexity index is 678. The average Bonchev–Trinajstić information content (AvgIpc) is 2.78. The standard InChI is InChI=1S/C16H16N2/c1-10-8-11(2)16-14(9-10)12(6-7-17)13-4-3-5-15(13)18-16/h8-9H,3-6H2,1-2H3. The number of benzene rings is 1. The van der Waals surface area contributed by atoms with Crippen LogP contribution >= 0.6 is 0 Å². The molecule has 0 bridgehead atoms. The number of aromatic nitrogens is 1. The molecular formula is C16H16N2. The first kappa shape index (κ1) is 11.2. The van der Waals surface area contributed by atoms with Crippen molar-refractivity contribution in [2.75, 3.05) is 0 Å². The highest BCUT2D eigenvalue weighted by atomic mass is 14.7. The zero-order chi connectivity index (χ0) is 12.7. The van der Waals surface area contributed by atoms with Gasteiger partial charge in [0, 0.05) is 11.1 Å². The molecule has 0 fully saturated rings. The van der Waals surface area contributed by atoms with E-state index in [0.717, 1.165) is 18.4 Å². The molecule has 2 heteroatoms. The molecule has 0 aliphatic heterocycles. The first-order valence-corrected chi connectivity index (χ1v) is 6.49. The zero-order valence-corrected chi connectivity index (χ0v) is 10.9. The molecule has 0 saturated heterocycles. The van der Waals surface area contributed by atoms with Gasteiger partial charge in [0.05, 0.1) is 18.0 Å². The lowest BCUT2D eigenvalue weighted by Gasteiger charge is -2.12. The van der Waals surface area contributed by atoms with Gasteiger partial charge in [0.2, 0.25) is 0 Å². The summed E-state index contributed by atoms with van der Waals surface area (Å²) in [7, 11) is 0. The Balaban J connectivity index is 2.42. The van der Waals surface area contributed by atoms with Crippen LogP contribution in [0.5, 0.6) is 0 Å². The van der Waals surface area contributed by atoms with Crippen molar-refractivity contribution in [3.63, 3.8) is 0 Å². The van der Waals surface area contributed by atoms with Gasteiger partial charge in [-0.2, -0.15) is 5.26 Å². The molecule has 1 heterocycles. The first-order valence-electron chi connectivity index (χ1n) is 6.49. The van der Waals surface area contributed by atoms with Crippen LogP contribution in [0, 0.1) is 25.2 Å². The van der Waals surface area contributed by atoms with Gasteiger partial charge >= 0.3 is 0 Å². The molecule has 0 atom stereocenters. The largest absolute Gasteiger partial charge is 0.252 e. The minimum absolute atomic E-state index is 0.504. The second-order valence-corrected chi connectivity index (χ2v) is 5.18. The summed E-state index contributed by atoms with van der Waals surface area (Å²) < 4.78 is 0. The Morgan fingerprint density at radius 1 is 1.28 bits per heavy atom. The monoisotopic (exact) mass is 236 g/mol. The molecule has 1 aromatic carbocycles. The van der Waals surface area contributed by atoms with E-state index in [2.05, 4.69) is 32.0 Å². The van der Waals surface area contributed by atoms with E-state index in [9.17, 15) is 0 Å². The predicted molar refractivity (Wildman–Crippen MR) is 72.6 cm³/mol. The van der Waals surface area contributed by atoms with Gasteiger partial charge in [-0.05, 0) is 55.9 Å². The van der Waals surface area contributed by atoms with Crippen LogP contribution in [0.4, 0.5) is 0 Å². The van der Waals surface area contributed by atoms with Crippen LogP contribution in [0.3, 0.4) is 0 Å². The molecule has 3 rings (SSSR count). The summed E-state index contributed by atoms with van der Waals surface area (Å²) in [6.07, 6.45) is 3.83. The number of hydrogen-bond donors (Lipinski definition) is 0. The van der Waals surface area contributed by atoms with Crippen molar-refractivity contribution < 1.29 is 0 Å². The van der Waals surface area contributed by atoms with Crippen molar-refractivity contribution in [1.29, 1.82) is 5.26 Å². The lowest BCUT2D eigenvalue weighted by molar-refractivity contribution is 0.899. The van der Waals surface area contributed by atoms with Gasteiger partial charge in [-0.3, -0.25) is 4.98 Å². The molecule has 1 aliphatic rings. The number of nitrogens with zero attached hydrogens (tertiary/aromatic N) is 2. The Hall–Kier alpha value is -1.88. The molecule has 18 heavy (non-hydrogen) atoms. The summed E-state index contributed by atoms with van der Waals surface area (Å²) in [6, 6.07) is 6.67. The van der Waals surface area contributed by atoms with Crippen molar-refractivity contribution in [2.45, 2.75) is 39.5 Å². The Kier molecular flexibility index (Phi) is 2.56. The summed E-state index contributed by atoms with van der Waals surface area (Å²) in [4.78, 5) is 4.83. The summed E-state index contributed by atoms with van der Waals surface area (Å²) in [5.41, 5.74) is 7.35. The van der Waals surface area contributed by atoms with E-state index in [4.69, 9.17) is 10.2 Å². The number of hydrogen-bond acceptors (Lipinski definition) is 2. The topological polar surface area (TPSA) is 36.7 Å². The molecule has 0 amide bonds. The second kappa shape index (κ2) is 4.10. The molecule has 0 radical (unpaired) electrons. The number of pyridine rings is 1. The highest BCUT2D eigenvalue weighted by Gasteiger charge is 2.20. The van der Waals surface area contributed by atoms with Crippen LogP contribution < -0.4 is 0 Å². The maximum Gasteiger partial charge on any atom is 0.0737 e. The SMILES string of the molecule is Cc1cc(C)c2nc3c(c(CC#N)c2c1)CCC3. The normalized spacial score (nSPS) is 13.6. The van der Waals surface area contributed by atoms with Gasteiger partial charge in [-0.1, -0.05) is 11.6 Å². The maximum atomic E-state index is 9.08. The maximum absolute atomic E-state index is 9.08. The molecule has 2 aromatic rings. The first-order chi connectivity index (χ1) is 8.70. The lowest BCUT2D eigenvalue weighted by Crippen LogP contribution is -2.00. The Labute approximate surface area is 107 Å². The van der Waals surface area contributed by atoms with Crippen LogP contribution in [-0.2, 0) is 19.3 Å². The van der Waals surface area contributed by atoms with Crippen molar-refractivity contribution in [2.24, 2.45) is 0 Å². The van der Waals surface area contributed by atoms with Crippen LogP contribution in [0.2, 0.25) is 0 Å². The van der Waals surface area contributed by atoms with Crippen LogP contribution in [0.25, 0.3) is 10.9 Å². The highest BCUT2D eigenvalue weighted by Crippen LogP contribution is 2.32. The summed E-state index contributed by atoms with van der Waals surface area (Å²) in [5.74, 6) is 0. The van der Waals surface area contributed by atoms with Crippen LogP contribution in [0.15, 0.2) is 12.1 Å². The average molecular weight is 236 g/mol. The molecule has 0 unspecified atom stereocenters. The van der Waals surface area contributed by atoms with Gasteiger partial charge in [-0.15, -0.1) is 0 Å². The smallest absolute Gasteiger partial charge is 0.0737 e. The van der Waals surface area contributed by atoms with Crippen molar-refractivity contribution in [3.8, 4) is 6.07 Å². The van der Waals surface area contributed by atoms with Crippen molar-refractivity contribution in [1.82, 2.24) is 4.98 Å². The van der Waals surface area contributed by atoms with Gasteiger partial charge in [-0.25, -0.2) is 0 Å². The quantitative estimate of drug-likeness (QED) is 0.760. The molecule has 0 N–H and O–H groups in total. The van der Waals surface area contributed by atoms with Gasteiger partial charge < -0.3 is 0 Å². The molecule has 0 saturated carbocycles. The van der Waals surface area contributed by atoms with Crippen LogP contribution in [0.1, 0.15) is 34.4 Å². The van der Waals surface area contributed by atoms with E-state index >= 15 is 0 Å². The molecule has 1 aliphatic carbocycles. The van der Waals surface area contributed by atoms with E-state index in [1.54, 1.807) is 0 Å². The van der Waals surface area contributed by atoms with E-state index in [1.165, 1.54) is 39.8 Å². The van der Waals surface area contributed by atoms with Crippen LogP contribution in [-0.4, -0.2) is 4.98 Å². The lowest BCUT2D eigenvalue weighted by atomic mass is 9.96. The minimum atomic E-state index is 0.504. The summed E-state index contributed by atoms with van der Waals surface area (Å²) in [6.45, 7) is 4.22. The van der Waals surface area contributed by atoms with E-state index in [-0.39, 0.29) is 0 Å². The van der Waals surface area contributed by atoms with E-state index in [1.807, 2.05) is 0 Å². The van der Waals surface area contributed by atoms with Gasteiger partial charge in [0.15, 0.2) is 0 Å². The number of rotatable bonds is 1. The number of nitriles is 1. The Morgan fingerprint density at radius 3 is 2.89 bits per heavy atom. The minimum Gasteiger partial charge on any atom is -0.252 e. The summed E-state index contributed by atoms with van der Waals surface area (Å²) >= 11 is 0. The molecule has 0 spiro atoms. The van der Waals surface area contributed by atoms with Gasteiger partial charge in [0.25, 0.3) is 0 Å². The number of aryl methyl sites for hydroxylation is 3. The third-order valence-corrected chi connectivity index (χ3v) is 3.83. The highest BCUT2D eigenvalue weighted by molar-refractivity contribution is 5.87. The van der Waals surface area contributed by atoms with E-state index in [0.29, 0.717) is 6.42 Å². The fourth-order valence-electron chi connectivity index (χ4n) is 3.09. The van der Waals surface area contributed by atoms with Gasteiger partial charge in [0.1, 0.15) is 0 Å². The van der Waals surface area contributed by atoms with E-state index < -0.39 is 0 Å². The zero-order valence-electron chi connectivity index (χ0n) is 10.9. The Morgan fingerprint density at radius 2 is 2.11 bits per heavy atom. The molecular weight excluding hydrogens is 220 g/mol. The third kappa shape index (κ3) is 1.59. The fraction of sp³-hybridized carbons (Fsp3) is 0.375. The third-order valence-electron chi connectivity index (χ3n) is 3.83. The van der Waals surface area contributed by atoms with Crippen molar-refractivity contribution in [3.05, 3.63) is 40.1 Å². The second-order valence-electron chi connectivity index (χ2n) is 5.18. The fourth-order valence-corrected chi connectivity index (χ4v) is 3.09. The molecule has 90 valence electrons. The number of fused-ring (bicyclic) bond motifs is 2. The molecule has 1 aromatic heterocycles. The molecule has 2 nitrogen and oxygen atoms in total. The van der Waals surface area contributed by atoms with Crippen molar-refractivity contribution >= 4 is 10.9 Å². The summed E-state index contributed by atoms with van der Waals surface area (Å²) in [5, 5.41) is 10.3.